The molecule has 3 rings (SSSR count). The highest BCUT2D eigenvalue weighted by molar-refractivity contribution is 5.86. The van der Waals surface area contributed by atoms with Crippen molar-refractivity contribution < 1.29 is 0 Å². The van der Waals surface area contributed by atoms with Gasteiger partial charge in [0.25, 0.3) is 0 Å². The summed E-state index contributed by atoms with van der Waals surface area (Å²) in [6.07, 6.45) is 4.23. The molecule has 18 heavy (non-hydrogen) atoms. The van der Waals surface area contributed by atoms with E-state index in [9.17, 15) is 0 Å². The molecule has 0 bridgehead atoms. The summed E-state index contributed by atoms with van der Waals surface area (Å²) in [7, 11) is 0. The molecule has 1 aromatic rings. The van der Waals surface area contributed by atoms with E-state index in [1.165, 1.54) is 11.1 Å². The minimum atomic E-state index is 0.354. The Labute approximate surface area is 108 Å². The molecule has 1 aromatic carbocycles. The predicted molar refractivity (Wildman–Crippen MR) is 74.9 cm³/mol. The zero-order chi connectivity index (χ0) is 12.5. The third kappa shape index (κ3) is 2.41. The fraction of sp³-hybridized carbons (Fsp3) is 0.533. The van der Waals surface area contributed by atoms with Crippen molar-refractivity contribution in [3.8, 4) is 0 Å². The van der Waals surface area contributed by atoms with Crippen molar-refractivity contribution in [2.45, 2.75) is 50.7 Å². The van der Waals surface area contributed by atoms with Crippen molar-refractivity contribution in [1.29, 1.82) is 0 Å². The lowest BCUT2D eigenvalue weighted by atomic mass is 9.88. The first kappa shape index (κ1) is 11.7. The third-order valence-electron chi connectivity index (χ3n) is 3.98. The number of fused-ring (bicyclic) bond motifs is 1. The third-order valence-corrected chi connectivity index (χ3v) is 3.98. The molecule has 3 atom stereocenters. The molecular weight excluding hydrogens is 222 g/mol. The summed E-state index contributed by atoms with van der Waals surface area (Å²) in [6, 6.07) is 9.95. The van der Waals surface area contributed by atoms with E-state index in [0.29, 0.717) is 18.1 Å². The molecule has 0 saturated heterocycles. The molecule has 3 unspecified atom stereocenters. The van der Waals surface area contributed by atoms with Gasteiger partial charge in [0.15, 0.2) is 0 Å². The first-order chi connectivity index (χ1) is 8.70. The molecule has 1 heterocycles. The minimum Gasteiger partial charge on any atom is -0.369 e. The van der Waals surface area contributed by atoms with Gasteiger partial charge in [-0.2, -0.15) is 0 Å². The molecule has 2 aliphatic rings. The Morgan fingerprint density at radius 2 is 2.28 bits per heavy atom. The van der Waals surface area contributed by atoms with E-state index < -0.39 is 0 Å². The maximum Gasteiger partial charge on any atom is 0.101 e. The van der Waals surface area contributed by atoms with Gasteiger partial charge >= 0.3 is 0 Å². The van der Waals surface area contributed by atoms with Gasteiger partial charge in [-0.1, -0.05) is 29.8 Å². The predicted octanol–water partition coefficient (Wildman–Crippen LogP) is 1.79. The van der Waals surface area contributed by atoms with Crippen molar-refractivity contribution in [2.24, 2.45) is 10.7 Å². The van der Waals surface area contributed by atoms with Gasteiger partial charge in [0.2, 0.25) is 0 Å². The largest absolute Gasteiger partial charge is 0.369 e. The summed E-state index contributed by atoms with van der Waals surface area (Å²) >= 11 is 0. The van der Waals surface area contributed by atoms with E-state index >= 15 is 0 Å². The van der Waals surface area contributed by atoms with Crippen LogP contribution in [0.15, 0.2) is 29.3 Å². The van der Waals surface area contributed by atoms with E-state index in [0.717, 1.165) is 31.5 Å². The smallest absolute Gasteiger partial charge is 0.101 e. The van der Waals surface area contributed by atoms with Crippen LogP contribution in [0.3, 0.4) is 0 Å². The van der Waals surface area contributed by atoms with Gasteiger partial charge in [-0.05, 0) is 31.7 Å². The van der Waals surface area contributed by atoms with Crippen LogP contribution in [-0.4, -0.2) is 24.0 Å². The Morgan fingerprint density at radius 3 is 3.11 bits per heavy atom. The second kappa shape index (κ2) is 4.73. The number of hydrogen-bond donors (Lipinski definition) is 2. The Morgan fingerprint density at radius 1 is 1.39 bits per heavy atom. The summed E-state index contributed by atoms with van der Waals surface area (Å²) in [5.74, 6) is 1.14. The molecule has 0 spiro atoms. The number of benzene rings is 1. The van der Waals surface area contributed by atoms with Crippen LogP contribution >= 0.6 is 0 Å². The number of rotatable bonds is 2. The maximum absolute atomic E-state index is 6.02. The van der Waals surface area contributed by atoms with E-state index in [-0.39, 0.29) is 0 Å². The lowest BCUT2D eigenvalue weighted by molar-refractivity contribution is 0.347. The van der Waals surface area contributed by atoms with Gasteiger partial charge in [0.1, 0.15) is 5.84 Å². The number of nitrogens with two attached hydrogens (primary N) is 1. The summed E-state index contributed by atoms with van der Waals surface area (Å²) < 4.78 is 0. The molecule has 0 amide bonds. The number of nitrogens with zero attached hydrogens (tertiary/aromatic N) is 1. The summed E-state index contributed by atoms with van der Waals surface area (Å²) in [6.45, 7) is 2.13. The van der Waals surface area contributed by atoms with Crippen molar-refractivity contribution in [3.05, 3.63) is 35.4 Å². The molecule has 1 aliphatic heterocycles. The quantitative estimate of drug-likeness (QED) is 0.832. The van der Waals surface area contributed by atoms with E-state index in [1.54, 1.807) is 0 Å². The van der Waals surface area contributed by atoms with Crippen LogP contribution in [0.1, 0.15) is 30.4 Å². The zero-order valence-electron chi connectivity index (χ0n) is 10.9. The monoisotopic (exact) mass is 243 g/mol. The van der Waals surface area contributed by atoms with Crippen LogP contribution < -0.4 is 11.1 Å². The minimum absolute atomic E-state index is 0.354. The fourth-order valence-corrected chi connectivity index (χ4v) is 3.06. The van der Waals surface area contributed by atoms with E-state index in [2.05, 4.69) is 36.5 Å². The van der Waals surface area contributed by atoms with Gasteiger partial charge < -0.3 is 11.1 Å². The van der Waals surface area contributed by atoms with Crippen molar-refractivity contribution in [1.82, 2.24) is 5.32 Å². The van der Waals surface area contributed by atoms with Gasteiger partial charge in [-0.15, -0.1) is 0 Å². The molecular formula is C15H21N3. The first-order valence-corrected chi connectivity index (χ1v) is 6.85. The topological polar surface area (TPSA) is 50.4 Å². The van der Waals surface area contributed by atoms with Crippen LogP contribution in [0.4, 0.5) is 0 Å². The second-order valence-electron chi connectivity index (χ2n) is 5.63. The number of amidine groups is 1. The zero-order valence-corrected chi connectivity index (χ0v) is 10.9. The molecule has 3 nitrogen and oxygen atoms in total. The second-order valence-corrected chi connectivity index (χ2v) is 5.63. The van der Waals surface area contributed by atoms with Gasteiger partial charge in [-0.3, -0.25) is 4.99 Å². The normalized spacial score (nSPS) is 30.6. The summed E-state index contributed by atoms with van der Waals surface area (Å²) in [5.41, 5.74) is 8.67. The fourth-order valence-electron chi connectivity index (χ4n) is 3.06. The molecule has 1 saturated carbocycles. The average molecular weight is 243 g/mol. The Kier molecular flexibility index (Phi) is 3.08. The van der Waals surface area contributed by atoms with Gasteiger partial charge in [0.05, 0.1) is 12.1 Å². The molecule has 3 N–H and O–H groups in total. The van der Waals surface area contributed by atoms with E-state index in [4.69, 9.17) is 10.7 Å². The number of aliphatic imine (C=N–C) groups is 1. The van der Waals surface area contributed by atoms with Crippen LogP contribution in [0.2, 0.25) is 0 Å². The number of aryl methyl sites for hydroxylation is 1. The maximum atomic E-state index is 6.02. The Balaban J connectivity index is 1.68. The molecule has 96 valence electrons. The Bertz CT molecular complexity index is 467. The van der Waals surface area contributed by atoms with Crippen LogP contribution in [-0.2, 0) is 6.42 Å². The number of hydrogen-bond acceptors (Lipinski definition) is 3. The average Bonchev–Trinajstić information content (AvgIpc) is 2.70. The molecule has 0 aromatic heterocycles. The highest BCUT2D eigenvalue weighted by atomic mass is 15.1. The molecule has 1 fully saturated rings. The van der Waals surface area contributed by atoms with Crippen molar-refractivity contribution >= 4 is 5.84 Å². The summed E-state index contributed by atoms with van der Waals surface area (Å²) in [5, 5.41) is 3.56. The Hall–Kier alpha value is -1.35. The van der Waals surface area contributed by atoms with E-state index in [1.807, 2.05) is 0 Å². The molecule has 0 radical (unpaired) electrons. The summed E-state index contributed by atoms with van der Waals surface area (Å²) in [4.78, 5) is 4.82. The molecule has 3 heteroatoms. The van der Waals surface area contributed by atoms with Crippen LogP contribution in [0.5, 0.6) is 0 Å². The highest BCUT2D eigenvalue weighted by Crippen LogP contribution is 2.25. The SMILES string of the molecule is Cc1cccc(CC2=NC3CCC(N)CC3N2)c1. The lowest BCUT2D eigenvalue weighted by Crippen LogP contribution is -2.44. The lowest BCUT2D eigenvalue weighted by Gasteiger charge is -2.28. The van der Waals surface area contributed by atoms with Gasteiger partial charge in [0, 0.05) is 12.5 Å². The number of nitrogens with one attached hydrogen (secondary N) is 1. The highest BCUT2D eigenvalue weighted by Gasteiger charge is 2.33. The molecule has 1 aliphatic carbocycles. The van der Waals surface area contributed by atoms with Crippen molar-refractivity contribution in [2.75, 3.05) is 0 Å². The van der Waals surface area contributed by atoms with Gasteiger partial charge in [-0.25, -0.2) is 0 Å². The van der Waals surface area contributed by atoms with Crippen LogP contribution in [0, 0.1) is 6.92 Å². The standard InChI is InChI=1S/C15H21N3/c1-10-3-2-4-11(7-10)8-15-17-13-6-5-12(16)9-14(13)18-15/h2-4,7,12-14H,5-6,8-9,16H2,1H3,(H,17,18). The van der Waals surface area contributed by atoms with Crippen LogP contribution in [0.25, 0.3) is 0 Å². The first-order valence-electron chi connectivity index (χ1n) is 6.85. The van der Waals surface area contributed by atoms with Crippen molar-refractivity contribution in [3.63, 3.8) is 0 Å².